The van der Waals surface area contributed by atoms with Crippen LogP contribution in [0.1, 0.15) is 48.5 Å². The molecule has 0 aliphatic rings. The number of carbonyl (C=O) groups is 1. The molecule has 0 radical (unpaired) electrons. The Balaban J connectivity index is 1.86. The molecule has 5 heteroatoms. The van der Waals surface area contributed by atoms with Gasteiger partial charge in [-0.3, -0.25) is 4.79 Å². The van der Waals surface area contributed by atoms with Crippen LogP contribution in [0.2, 0.25) is 0 Å². The monoisotopic (exact) mass is 393 g/mol. The molecule has 0 amide bonds. The van der Waals surface area contributed by atoms with Crippen LogP contribution in [0.5, 0.6) is 0 Å². The van der Waals surface area contributed by atoms with E-state index in [0.717, 1.165) is 5.76 Å². The van der Waals surface area contributed by atoms with E-state index in [1.54, 1.807) is 6.26 Å². The van der Waals surface area contributed by atoms with Crippen molar-refractivity contribution in [3.8, 4) is 0 Å². The van der Waals surface area contributed by atoms with E-state index in [9.17, 15) is 4.79 Å². The lowest BCUT2D eigenvalue weighted by Gasteiger charge is -2.19. The van der Waals surface area contributed by atoms with E-state index < -0.39 is 6.04 Å². The molecular formula is C23H25N2O2S+. The molecule has 4 nitrogen and oxygen atoms in total. The summed E-state index contributed by atoms with van der Waals surface area (Å²) in [5.41, 5.74) is 1.86. The summed E-state index contributed by atoms with van der Waals surface area (Å²) < 4.78 is 7.18. The lowest BCUT2D eigenvalue weighted by molar-refractivity contribution is -0.692. The van der Waals surface area contributed by atoms with Crippen molar-refractivity contribution < 1.29 is 13.8 Å². The largest absolute Gasteiger partial charge is 0.467 e. The van der Waals surface area contributed by atoms with Crippen LogP contribution in [0.25, 0.3) is 0 Å². The van der Waals surface area contributed by atoms with Gasteiger partial charge >= 0.3 is 0 Å². The molecule has 1 N–H and O–H groups in total. The highest BCUT2D eigenvalue weighted by Gasteiger charge is 2.33. The highest BCUT2D eigenvalue weighted by Crippen LogP contribution is 2.23. The number of pyridine rings is 1. The SMILES string of the molecule is CC(C)(C)c1ccc(C(=O)[C@@H](C(=S)NCc2ccco2)[n+]2ccccc2)cc1. The molecular weight excluding hydrogens is 368 g/mol. The number of ketones is 1. The second-order valence-electron chi connectivity index (χ2n) is 7.71. The minimum Gasteiger partial charge on any atom is -0.467 e. The summed E-state index contributed by atoms with van der Waals surface area (Å²) in [5, 5.41) is 3.17. The molecule has 0 fully saturated rings. The molecule has 0 bridgehead atoms. The summed E-state index contributed by atoms with van der Waals surface area (Å²) >= 11 is 5.60. The Hall–Kier alpha value is -2.79. The number of thiocarbonyl (C=S) groups is 1. The fraction of sp³-hybridized carbons (Fsp3) is 0.261. The first kappa shape index (κ1) is 20.0. The zero-order valence-corrected chi connectivity index (χ0v) is 17.2. The summed E-state index contributed by atoms with van der Waals surface area (Å²) in [6, 6.07) is 16.6. The Morgan fingerprint density at radius 2 is 1.75 bits per heavy atom. The van der Waals surface area contributed by atoms with E-state index in [1.807, 2.05) is 71.6 Å². The van der Waals surface area contributed by atoms with Crippen molar-refractivity contribution in [1.29, 1.82) is 0 Å². The predicted molar refractivity (Wildman–Crippen MR) is 113 cm³/mol. The molecule has 3 rings (SSSR count). The quantitative estimate of drug-likeness (QED) is 0.383. The third-order valence-electron chi connectivity index (χ3n) is 4.59. The van der Waals surface area contributed by atoms with Gasteiger partial charge in [0, 0.05) is 17.7 Å². The topological polar surface area (TPSA) is 46.1 Å². The molecule has 2 aromatic heterocycles. The van der Waals surface area contributed by atoms with Gasteiger partial charge in [0.1, 0.15) is 5.76 Å². The zero-order valence-electron chi connectivity index (χ0n) is 16.4. The molecule has 2 heterocycles. The molecule has 0 spiro atoms. The summed E-state index contributed by atoms with van der Waals surface area (Å²) in [6.45, 7) is 6.90. The first-order valence-corrected chi connectivity index (χ1v) is 9.68. The van der Waals surface area contributed by atoms with Gasteiger partial charge in [0.05, 0.1) is 12.8 Å². The minimum absolute atomic E-state index is 0.0368. The van der Waals surface area contributed by atoms with Crippen LogP contribution in [-0.2, 0) is 12.0 Å². The maximum Gasteiger partial charge on any atom is 0.270 e. The van der Waals surface area contributed by atoms with Gasteiger partial charge in [0.25, 0.3) is 6.04 Å². The van der Waals surface area contributed by atoms with Crippen molar-refractivity contribution in [3.05, 3.63) is 90.1 Å². The van der Waals surface area contributed by atoms with E-state index in [4.69, 9.17) is 16.6 Å². The van der Waals surface area contributed by atoms with Crippen LogP contribution in [0.15, 0.2) is 77.7 Å². The summed E-state index contributed by atoms with van der Waals surface area (Å²) in [4.78, 5) is 13.8. The molecule has 144 valence electrons. The van der Waals surface area contributed by atoms with Crippen molar-refractivity contribution in [2.24, 2.45) is 0 Å². The van der Waals surface area contributed by atoms with Crippen LogP contribution in [0.3, 0.4) is 0 Å². The Bertz CT molecular complexity index is 927. The lowest BCUT2D eigenvalue weighted by Crippen LogP contribution is -2.51. The van der Waals surface area contributed by atoms with Gasteiger partial charge in [-0.1, -0.05) is 63.3 Å². The zero-order chi connectivity index (χ0) is 20.1. The van der Waals surface area contributed by atoms with E-state index in [0.29, 0.717) is 17.1 Å². The van der Waals surface area contributed by atoms with E-state index in [1.165, 1.54) is 5.56 Å². The van der Waals surface area contributed by atoms with Crippen molar-refractivity contribution in [1.82, 2.24) is 5.32 Å². The lowest BCUT2D eigenvalue weighted by atomic mass is 9.86. The number of nitrogens with zero attached hydrogens (tertiary/aromatic N) is 1. The number of furan rings is 1. The smallest absolute Gasteiger partial charge is 0.270 e. The van der Waals surface area contributed by atoms with Gasteiger partial charge < -0.3 is 9.73 Å². The maximum atomic E-state index is 13.3. The molecule has 0 saturated carbocycles. The van der Waals surface area contributed by atoms with Gasteiger partial charge in [-0.2, -0.15) is 4.57 Å². The number of hydrogen-bond acceptors (Lipinski definition) is 3. The molecule has 1 atom stereocenters. The fourth-order valence-electron chi connectivity index (χ4n) is 2.95. The first-order chi connectivity index (χ1) is 13.4. The number of benzene rings is 1. The Morgan fingerprint density at radius 1 is 1.07 bits per heavy atom. The van der Waals surface area contributed by atoms with Gasteiger partial charge in [-0.15, -0.1) is 0 Å². The Morgan fingerprint density at radius 3 is 2.32 bits per heavy atom. The second-order valence-corrected chi connectivity index (χ2v) is 8.15. The van der Waals surface area contributed by atoms with Gasteiger partial charge in [0.15, 0.2) is 17.4 Å². The Kier molecular flexibility index (Phi) is 6.05. The van der Waals surface area contributed by atoms with E-state index >= 15 is 0 Å². The number of hydrogen-bond donors (Lipinski definition) is 1. The number of aromatic nitrogens is 1. The highest BCUT2D eigenvalue weighted by molar-refractivity contribution is 7.80. The first-order valence-electron chi connectivity index (χ1n) is 9.27. The van der Waals surface area contributed by atoms with Crippen LogP contribution >= 0.6 is 12.2 Å². The highest BCUT2D eigenvalue weighted by atomic mass is 32.1. The molecule has 0 saturated heterocycles. The average molecular weight is 394 g/mol. The van der Waals surface area contributed by atoms with Gasteiger partial charge in [-0.05, 0) is 23.1 Å². The maximum absolute atomic E-state index is 13.3. The molecule has 3 aromatic rings. The van der Waals surface area contributed by atoms with Crippen LogP contribution < -0.4 is 9.88 Å². The number of nitrogens with one attached hydrogen (secondary N) is 1. The second kappa shape index (κ2) is 8.48. The summed E-state index contributed by atoms with van der Waals surface area (Å²) in [6.07, 6.45) is 5.32. The van der Waals surface area contributed by atoms with Crippen molar-refractivity contribution in [2.45, 2.75) is 38.8 Å². The Labute approximate surface area is 171 Å². The van der Waals surface area contributed by atoms with Crippen LogP contribution in [-0.4, -0.2) is 10.8 Å². The number of carbonyl (C=O) groups excluding carboxylic acids is 1. The third-order valence-corrected chi connectivity index (χ3v) is 4.95. The van der Waals surface area contributed by atoms with E-state index in [-0.39, 0.29) is 11.2 Å². The van der Waals surface area contributed by atoms with Crippen LogP contribution in [0.4, 0.5) is 0 Å². The molecule has 0 aliphatic heterocycles. The molecule has 1 aromatic carbocycles. The third kappa shape index (κ3) is 4.73. The molecule has 28 heavy (non-hydrogen) atoms. The normalized spacial score (nSPS) is 12.4. The van der Waals surface area contributed by atoms with Gasteiger partial charge in [-0.25, -0.2) is 0 Å². The predicted octanol–water partition coefficient (Wildman–Crippen LogP) is 4.41. The fourth-order valence-corrected chi connectivity index (χ4v) is 3.25. The number of rotatable bonds is 6. The summed E-state index contributed by atoms with van der Waals surface area (Å²) in [5.74, 6) is 0.717. The molecule has 0 unspecified atom stereocenters. The van der Waals surface area contributed by atoms with E-state index in [2.05, 4.69) is 26.1 Å². The standard InChI is InChI=1S/C23H24N2O2S/c1-23(2,3)18-11-9-17(10-12-18)21(26)20(25-13-5-4-6-14-25)22(28)24-16-19-8-7-15-27-19/h4-15,20H,16H2,1-3H3/p+1/t20-/m0/s1. The summed E-state index contributed by atoms with van der Waals surface area (Å²) in [7, 11) is 0. The van der Waals surface area contributed by atoms with Crippen molar-refractivity contribution >= 4 is 23.0 Å². The molecule has 0 aliphatic carbocycles. The van der Waals surface area contributed by atoms with Crippen molar-refractivity contribution in [2.75, 3.05) is 0 Å². The number of Topliss-reactive ketones (excluding diaryl/α,β-unsaturated/α-hetero) is 1. The average Bonchev–Trinajstić information content (AvgIpc) is 3.20. The van der Waals surface area contributed by atoms with Crippen LogP contribution in [0, 0.1) is 0 Å². The van der Waals surface area contributed by atoms with Crippen molar-refractivity contribution in [3.63, 3.8) is 0 Å². The van der Waals surface area contributed by atoms with Gasteiger partial charge in [0.2, 0.25) is 5.78 Å². The minimum atomic E-state index is -0.619.